The number of ketones is 1. The summed E-state index contributed by atoms with van der Waals surface area (Å²) in [5.41, 5.74) is 0.688. The molecule has 0 aromatic heterocycles. The van der Waals surface area contributed by atoms with Crippen LogP contribution in [-0.4, -0.2) is 5.78 Å². The van der Waals surface area contributed by atoms with Crippen LogP contribution < -0.4 is 0 Å². The van der Waals surface area contributed by atoms with Crippen molar-refractivity contribution >= 4 is 5.78 Å². The number of rotatable bonds is 0. The Hall–Kier alpha value is -1.18. The van der Waals surface area contributed by atoms with Gasteiger partial charge in [-0.05, 0) is 12.2 Å². The maximum absolute atomic E-state index is 12.4. The van der Waals surface area contributed by atoms with Crippen molar-refractivity contribution in [3.05, 3.63) is 35.2 Å². The summed E-state index contributed by atoms with van der Waals surface area (Å²) in [7, 11) is 0. The SMILES string of the molecule is O=C1C2=CC(F)=C1C=C2. The molecule has 2 bridgehead atoms. The van der Waals surface area contributed by atoms with Gasteiger partial charge in [0.05, 0.1) is 5.57 Å². The molecule has 2 heteroatoms. The first kappa shape index (κ1) is 4.68. The van der Waals surface area contributed by atoms with E-state index < -0.39 is 5.83 Å². The van der Waals surface area contributed by atoms with Crippen molar-refractivity contribution in [1.82, 2.24) is 0 Å². The van der Waals surface area contributed by atoms with Gasteiger partial charge < -0.3 is 0 Å². The van der Waals surface area contributed by atoms with Crippen LogP contribution in [0.3, 0.4) is 0 Å². The molecule has 0 spiro atoms. The van der Waals surface area contributed by atoms with Crippen LogP contribution >= 0.6 is 0 Å². The molecular formula is C7H3FO. The van der Waals surface area contributed by atoms with Gasteiger partial charge in [-0.15, -0.1) is 0 Å². The van der Waals surface area contributed by atoms with Gasteiger partial charge in [0.25, 0.3) is 0 Å². The first-order valence-corrected chi connectivity index (χ1v) is 2.63. The number of halogens is 1. The van der Waals surface area contributed by atoms with Crippen LogP contribution in [0.5, 0.6) is 0 Å². The second-order valence-corrected chi connectivity index (χ2v) is 2.02. The summed E-state index contributed by atoms with van der Waals surface area (Å²) in [5.74, 6) is -0.565. The fraction of sp³-hybridized carbons (Fsp3) is 0. The Balaban J connectivity index is 2.73. The quantitative estimate of drug-likeness (QED) is 0.473. The highest BCUT2D eigenvalue weighted by molar-refractivity contribution is 6.18. The monoisotopic (exact) mass is 122 g/mol. The fourth-order valence-electron chi connectivity index (χ4n) is 0.996. The maximum atomic E-state index is 12.4. The lowest BCUT2D eigenvalue weighted by Gasteiger charge is -1.83. The van der Waals surface area contributed by atoms with Gasteiger partial charge in [-0.3, -0.25) is 4.79 Å². The van der Waals surface area contributed by atoms with Gasteiger partial charge in [-0.1, -0.05) is 6.08 Å². The van der Waals surface area contributed by atoms with Gasteiger partial charge in [0.2, 0.25) is 0 Å². The molecule has 0 aliphatic heterocycles. The first-order valence-electron chi connectivity index (χ1n) is 2.63. The summed E-state index contributed by atoms with van der Waals surface area (Å²) in [6.45, 7) is 0. The van der Waals surface area contributed by atoms with Crippen LogP contribution in [-0.2, 0) is 4.79 Å². The van der Waals surface area contributed by atoms with Gasteiger partial charge in [0, 0.05) is 5.57 Å². The second-order valence-electron chi connectivity index (χ2n) is 2.02. The van der Waals surface area contributed by atoms with Crippen molar-refractivity contribution in [3.8, 4) is 0 Å². The predicted molar refractivity (Wildman–Crippen MR) is 30.4 cm³/mol. The highest BCUT2D eigenvalue weighted by Gasteiger charge is 2.26. The number of Topliss-reactive ketones (excluding diaryl/α,β-unsaturated/α-hetero) is 1. The van der Waals surface area contributed by atoms with Crippen molar-refractivity contribution in [2.45, 2.75) is 0 Å². The third-order valence-electron chi connectivity index (χ3n) is 1.48. The van der Waals surface area contributed by atoms with Gasteiger partial charge in [-0.25, -0.2) is 4.39 Å². The number of allylic oxidation sites excluding steroid dienone is 6. The first-order chi connectivity index (χ1) is 4.29. The van der Waals surface area contributed by atoms with Crippen LogP contribution in [0.1, 0.15) is 0 Å². The average Bonchev–Trinajstić information content (AvgIpc) is 2.25. The molecule has 44 valence electrons. The molecule has 0 aromatic rings. The Labute approximate surface area is 51.2 Å². The zero-order valence-corrected chi connectivity index (χ0v) is 4.52. The number of hydrogen-bond donors (Lipinski definition) is 0. The molecule has 0 saturated carbocycles. The highest BCUT2D eigenvalue weighted by Crippen LogP contribution is 2.30. The lowest BCUT2D eigenvalue weighted by molar-refractivity contribution is -0.111. The number of fused-ring (bicyclic) bond motifs is 2. The largest absolute Gasteiger partial charge is 0.288 e. The molecule has 0 amide bonds. The van der Waals surface area contributed by atoms with Crippen molar-refractivity contribution in [2.24, 2.45) is 0 Å². The van der Waals surface area contributed by atoms with Crippen LogP contribution in [0.4, 0.5) is 4.39 Å². The molecule has 0 heterocycles. The third kappa shape index (κ3) is 0.403. The average molecular weight is 122 g/mol. The number of carbonyl (C=O) groups excluding carboxylic acids is 1. The van der Waals surface area contributed by atoms with E-state index in [1.54, 1.807) is 6.08 Å². The molecule has 0 radical (unpaired) electrons. The molecule has 1 nitrogen and oxygen atoms in total. The summed E-state index contributed by atoms with van der Waals surface area (Å²) in [5, 5.41) is 0. The van der Waals surface area contributed by atoms with E-state index in [9.17, 15) is 9.18 Å². The van der Waals surface area contributed by atoms with Crippen LogP contribution in [0.25, 0.3) is 0 Å². The van der Waals surface area contributed by atoms with Gasteiger partial charge in [-0.2, -0.15) is 0 Å². The molecule has 2 aliphatic carbocycles. The standard InChI is InChI=1S/C7H3FO/c8-6-3-4-1-2-5(6)7(4)9/h1-3H. The van der Waals surface area contributed by atoms with Crippen LogP contribution in [0.15, 0.2) is 35.2 Å². The van der Waals surface area contributed by atoms with E-state index in [1.807, 2.05) is 0 Å². The fourth-order valence-corrected chi connectivity index (χ4v) is 0.996. The maximum Gasteiger partial charge on any atom is 0.196 e. The zero-order chi connectivity index (χ0) is 6.43. The molecule has 0 atom stereocenters. The molecular weight excluding hydrogens is 119 g/mol. The van der Waals surface area contributed by atoms with E-state index in [0.717, 1.165) is 0 Å². The molecule has 0 aromatic carbocycles. The minimum Gasteiger partial charge on any atom is -0.288 e. The van der Waals surface area contributed by atoms with Gasteiger partial charge >= 0.3 is 0 Å². The lowest BCUT2D eigenvalue weighted by atomic mass is 10.2. The van der Waals surface area contributed by atoms with Crippen molar-refractivity contribution in [2.75, 3.05) is 0 Å². The van der Waals surface area contributed by atoms with Crippen LogP contribution in [0, 0.1) is 0 Å². The molecule has 0 N–H and O–H groups in total. The summed E-state index contributed by atoms with van der Waals surface area (Å²) in [6.07, 6.45) is 4.39. The van der Waals surface area contributed by atoms with E-state index in [2.05, 4.69) is 0 Å². The molecule has 0 saturated heterocycles. The predicted octanol–water partition coefficient (Wildman–Crippen LogP) is 1.29. The van der Waals surface area contributed by atoms with Crippen molar-refractivity contribution in [3.63, 3.8) is 0 Å². The number of carbonyl (C=O) groups is 1. The van der Waals surface area contributed by atoms with Gasteiger partial charge in [0.15, 0.2) is 5.78 Å². The van der Waals surface area contributed by atoms with E-state index in [4.69, 9.17) is 0 Å². The van der Waals surface area contributed by atoms with E-state index >= 15 is 0 Å². The Morgan fingerprint density at radius 1 is 1.33 bits per heavy atom. The summed E-state index contributed by atoms with van der Waals surface area (Å²) < 4.78 is 12.4. The topological polar surface area (TPSA) is 17.1 Å². The molecule has 0 fully saturated rings. The minimum absolute atomic E-state index is 0.174. The Bertz CT molecular complexity index is 281. The normalized spacial score (nSPS) is 21.9. The van der Waals surface area contributed by atoms with E-state index in [0.29, 0.717) is 5.57 Å². The second kappa shape index (κ2) is 1.21. The lowest BCUT2D eigenvalue weighted by Crippen LogP contribution is -1.89. The summed E-state index contributed by atoms with van der Waals surface area (Å²) in [6, 6.07) is 0. The Kier molecular flexibility index (Phi) is 0.628. The van der Waals surface area contributed by atoms with Crippen LogP contribution in [0.2, 0.25) is 0 Å². The van der Waals surface area contributed by atoms with Crippen molar-refractivity contribution < 1.29 is 9.18 Å². The van der Waals surface area contributed by atoms with E-state index in [1.165, 1.54) is 12.2 Å². The minimum atomic E-state index is -0.391. The van der Waals surface area contributed by atoms with E-state index in [-0.39, 0.29) is 11.4 Å². The summed E-state index contributed by atoms with van der Waals surface area (Å²) in [4.78, 5) is 10.7. The van der Waals surface area contributed by atoms with Crippen molar-refractivity contribution in [1.29, 1.82) is 0 Å². The highest BCUT2D eigenvalue weighted by atomic mass is 19.1. The summed E-state index contributed by atoms with van der Waals surface area (Å²) >= 11 is 0. The number of hydrogen-bond acceptors (Lipinski definition) is 1. The molecule has 2 aliphatic rings. The smallest absolute Gasteiger partial charge is 0.196 e. The van der Waals surface area contributed by atoms with Gasteiger partial charge in [0.1, 0.15) is 5.83 Å². The Morgan fingerprint density at radius 2 is 2.11 bits per heavy atom. The molecule has 9 heavy (non-hydrogen) atoms. The Morgan fingerprint density at radius 3 is 2.33 bits per heavy atom. The third-order valence-corrected chi connectivity index (χ3v) is 1.48. The molecule has 2 rings (SSSR count). The molecule has 0 unspecified atom stereocenters. The zero-order valence-electron chi connectivity index (χ0n) is 4.52.